The molecule has 12 rings (SSSR count). The second-order valence-electron chi connectivity index (χ2n) is 18.5. The fraction of sp³-hybridized carbons (Fsp3) is 0.0968. The third kappa shape index (κ3) is 5.76. The van der Waals surface area contributed by atoms with Crippen molar-refractivity contribution >= 4 is 38.6 Å². The molecule has 0 amide bonds. The fourth-order valence-corrected chi connectivity index (χ4v) is 11.0. The van der Waals surface area contributed by atoms with Gasteiger partial charge in [0.1, 0.15) is 0 Å². The minimum absolute atomic E-state index is 0.0162. The van der Waals surface area contributed by atoms with Gasteiger partial charge in [0.15, 0.2) is 0 Å². The number of hydrogen-bond acceptors (Lipinski definition) is 1. The molecule has 1 heteroatoms. The Bertz CT molecular complexity index is 3440. The highest BCUT2D eigenvalue weighted by atomic mass is 15.1. The van der Waals surface area contributed by atoms with E-state index in [0.717, 1.165) is 17.1 Å². The average Bonchev–Trinajstić information content (AvgIpc) is 3.71. The lowest BCUT2D eigenvalue weighted by atomic mass is 9.82. The summed E-state index contributed by atoms with van der Waals surface area (Å²) in [5.74, 6) is 0. The van der Waals surface area contributed by atoms with Gasteiger partial charge in [-0.3, -0.25) is 0 Å². The third-order valence-corrected chi connectivity index (χ3v) is 14.3. The van der Waals surface area contributed by atoms with Crippen LogP contribution in [-0.2, 0) is 10.8 Å². The number of anilines is 3. The van der Waals surface area contributed by atoms with Gasteiger partial charge in [-0.05, 0) is 136 Å². The van der Waals surface area contributed by atoms with Crippen molar-refractivity contribution in [2.24, 2.45) is 0 Å². The summed E-state index contributed by atoms with van der Waals surface area (Å²) >= 11 is 0. The molecule has 0 N–H and O–H groups in total. The summed E-state index contributed by atoms with van der Waals surface area (Å²) in [7, 11) is 0. The summed E-state index contributed by atoms with van der Waals surface area (Å²) in [6.45, 7) is 9.41. The van der Waals surface area contributed by atoms with Gasteiger partial charge < -0.3 is 4.90 Å². The van der Waals surface area contributed by atoms with E-state index in [-0.39, 0.29) is 10.8 Å². The van der Waals surface area contributed by atoms with Crippen LogP contribution in [-0.4, -0.2) is 0 Å². The monoisotopic (exact) mass is 805 g/mol. The number of hydrogen-bond donors (Lipinski definition) is 0. The molecule has 0 aromatic heterocycles. The van der Waals surface area contributed by atoms with E-state index in [1.165, 1.54) is 99.4 Å². The van der Waals surface area contributed by atoms with Gasteiger partial charge in [-0.25, -0.2) is 0 Å². The summed E-state index contributed by atoms with van der Waals surface area (Å²) in [6, 6.07) is 79.1. The van der Waals surface area contributed by atoms with Gasteiger partial charge in [-0.15, -0.1) is 0 Å². The molecule has 0 unspecified atom stereocenters. The molecule has 63 heavy (non-hydrogen) atoms. The maximum absolute atomic E-state index is 2.45. The summed E-state index contributed by atoms with van der Waals surface area (Å²) in [6.07, 6.45) is 0. The van der Waals surface area contributed by atoms with Gasteiger partial charge in [-0.1, -0.05) is 198 Å². The van der Waals surface area contributed by atoms with E-state index in [0.29, 0.717) is 0 Å². The smallest absolute Gasteiger partial charge is 0.0540 e. The second kappa shape index (κ2) is 14.0. The standard InChI is InChI=1S/C62H47N/c1-61(2)55-20-10-7-16-50(55)54-39-44(31-37-57(54)61)41-28-34-47(35-29-41)63(46-32-26-40(27-33-46)43-30-36-49-45(38-43)25-24-42-14-5-6-15-48(42)49)59-23-12-9-17-51(59)52-19-13-22-58-60(52)53-18-8-11-21-56(53)62(58,3)4/h5-39H,1-4H3. The molecule has 0 saturated heterocycles. The van der Waals surface area contributed by atoms with Crippen molar-refractivity contribution in [3.05, 3.63) is 235 Å². The van der Waals surface area contributed by atoms with Gasteiger partial charge in [0.2, 0.25) is 0 Å². The van der Waals surface area contributed by atoms with Crippen LogP contribution < -0.4 is 4.90 Å². The predicted molar refractivity (Wildman–Crippen MR) is 268 cm³/mol. The van der Waals surface area contributed by atoms with Crippen molar-refractivity contribution < 1.29 is 0 Å². The van der Waals surface area contributed by atoms with Gasteiger partial charge >= 0.3 is 0 Å². The highest BCUT2D eigenvalue weighted by Gasteiger charge is 2.37. The number of para-hydroxylation sites is 1. The normalized spacial score (nSPS) is 14.0. The van der Waals surface area contributed by atoms with Crippen LogP contribution in [0.1, 0.15) is 49.9 Å². The van der Waals surface area contributed by atoms with E-state index in [1.54, 1.807) is 0 Å². The Morgan fingerprint density at radius 3 is 1.54 bits per heavy atom. The van der Waals surface area contributed by atoms with Crippen molar-refractivity contribution in [3.8, 4) is 55.6 Å². The number of benzene rings is 10. The molecule has 0 aliphatic heterocycles. The zero-order valence-electron chi connectivity index (χ0n) is 36.2. The predicted octanol–water partition coefficient (Wildman–Crippen LogP) is 17.1. The maximum Gasteiger partial charge on any atom is 0.0540 e. The van der Waals surface area contributed by atoms with Crippen LogP contribution in [0.25, 0.3) is 77.2 Å². The Morgan fingerprint density at radius 2 is 0.794 bits per heavy atom. The first-order valence-corrected chi connectivity index (χ1v) is 22.3. The molecular weight excluding hydrogens is 759 g/mol. The maximum atomic E-state index is 2.45. The SMILES string of the molecule is CC1(C)c2ccccc2-c2cc(-c3ccc(N(c4ccc(-c5ccc6c(ccc7ccccc76)c5)cc4)c4ccccc4-c4cccc5c4-c4ccccc4C5(C)C)cc3)ccc21. The lowest BCUT2D eigenvalue weighted by Gasteiger charge is -2.29. The summed E-state index contributed by atoms with van der Waals surface area (Å²) in [5.41, 5.74) is 21.4. The van der Waals surface area contributed by atoms with E-state index in [2.05, 4.69) is 245 Å². The molecule has 0 heterocycles. The third-order valence-electron chi connectivity index (χ3n) is 14.3. The Labute approximate surface area is 370 Å². The fourth-order valence-electron chi connectivity index (χ4n) is 11.0. The molecule has 0 fully saturated rings. The molecule has 0 radical (unpaired) electrons. The first-order valence-electron chi connectivity index (χ1n) is 22.3. The van der Waals surface area contributed by atoms with Crippen molar-refractivity contribution in [3.63, 3.8) is 0 Å². The van der Waals surface area contributed by atoms with Crippen LogP contribution in [0, 0.1) is 0 Å². The molecule has 2 aliphatic carbocycles. The lowest BCUT2D eigenvalue weighted by Crippen LogP contribution is -2.15. The largest absolute Gasteiger partial charge is 0.310 e. The molecule has 300 valence electrons. The Hall–Kier alpha value is -7.48. The minimum Gasteiger partial charge on any atom is -0.310 e. The molecule has 2 aliphatic rings. The van der Waals surface area contributed by atoms with E-state index in [1.807, 2.05) is 0 Å². The van der Waals surface area contributed by atoms with Crippen molar-refractivity contribution in [1.82, 2.24) is 0 Å². The zero-order chi connectivity index (χ0) is 42.5. The average molecular weight is 806 g/mol. The van der Waals surface area contributed by atoms with Gasteiger partial charge in [0.05, 0.1) is 5.69 Å². The van der Waals surface area contributed by atoms with Crippen molar-refractivity contribution in [2.75, 3.05) is 4.90 Å². The first-order chi connectivity index (χ1) is 30.8. The van der Waals surface area contributed by atoms with Crippen LogP contribution in [0.2, 0.25) is 0 Å². The van der Waals surface area contributed by atoms with E-state index in [4.69, 9.17) is 0 Å². The van der Waals surface area contributed by atoms with Crippen molar-refractivity contribution in [2.45, 2.75) is 38.5 Å². The Balaban J connectivity index is 0.984. The van der Waals surface area contributed by atoms with Crippen LogP contribution in [0.5, 0.6) is 0 Å². The van der Waals surface area contributed by atoms with E-state index >= 15 is 0 Å². The van der Waals surface area contributed by atoms with Crippen LogP contribution in [0.4, 0.5) is 17.1 Å². The Kier molecular flexibility index (Phi) is 8.30. The molecule has 0 saturated carbocycles. The topological polar surface area (TPSA) is 3.24 Å². The van der Waals surface area contributed by atoms with E-state index in [9.17, 15) is 0 Å². The molecule has 0 spiro atoms. The van der Waals surface area contributed by atoms with Crippen LogP contribution in [0.3, 0.4) is 0 Å². The molecule has 10 aromatic rings. The molecule has 1 nitrogen and oxygen atoms in total. The van der Waals surface area contributed by atoms with E-state index < -0.39 is 0 Å². The highest BCUT2D eigenvalue weighted by Crippen LogP contribution is 2.54. The second-order valence-corrected chi connectivity index (χ2v) is 18.5. The van der Waals surface area contributed by atoms with Gasteiger partial charge in [0.25, 0.3) is 0 Å². The van der Waals surface area contributed by atoms with Crippen LogP contribution in [0.15, 0.2) is 212 Å². The zero-order valence-corrected chi connectivity index (χ0v) is 36.2. The van der Waals surface area contributed by atoms with Crippen molar-refractivity contribution in [1.29, 1.82) is 0 Å². The number of nitrogens with zero attached hydrogens (tertiary/aromatic N) is 1. The highest BCUT2D eigenvalue weighted by molar-refractivity contribution is 6.08. The first kappa shape index (κ1) is 37.3. The molecule has 0 bridgehead atoms. The van der Waals surface area contributed by atoms with Gasteiger partial charge in [-0.2, -0.15) is 0 Å². The lowest BCUT2D eigenvalue weighted by molar-refractivity contribution is 0.660. The molecule has 10 aromatic carbocycles. The van der Waals surface area contributed by atoms with Crippen LogP contribution >= 0.6 is 0 Å². The summed E-state index contributed by atoms with van der Waals surface area (Å²) < 4.78 is 0. The quantitative estimate of drug-likeness (QED) is 0.151. The minimum atomic E-state index is -0.0898. The molecular formula is C62H47N. The Morgan fingerprint density at radius 1 is 0.302 bits per heavy atom. The summed E-state index contributed by atoms with van der Waals surface area (Å²) in [4.78, 5) is 2.45. The summed E-state index contributed by atoms with van der Waals surface area (Å²) in [5, 5.41) is 5.10. The molecule has 0 atom stereocenters. The number of fused-ring (bicyclic) bond motifs is 9. The van der Waals surface area contributed by atoms with Gasteiger partial charge in [0, 0.05) is 27.8 Å². The number of rotatable bonds is 6.